The number of aromatic nitrogens is 2. The summed E-state index contributed by atoms with van der Waals surface area (Å²) in [5, 5.41) is 4.25. The van der Waals surface area contributed by atoms with Crippen LogP contribution in [0.4, 0.5) is 5.69 Å². The Morgan fingerprint density at radius 3 is 2.57 bits per heavy atom. The number of nitrogens with zero attached hydrogens (tertiary/aromatic N) is 2. The molecule has 3 N–H and O–H groups in total. The molecule has 146 valence electrons. The number of hydrogen-bond acceptors (Lipinski definition) is 6. The van der Waals surface area contributed by atoms with Crippen molar-refractivity contribution in [2.75, 3.05) is 19.1 Å². The summed E-state index contributed by atoms with van der Waals surface area (Å²) < 4.78 is 5.35. The van der Waals surface area contributed by atoms with E-state index in [1.54, 1.807) is 13.2 Å². The SMILES string of the molecule is COc1cccc(-c2nc(SC)nc3ccc(C(=O)NC(C)(C)C)c(N)c23)c1. The number of nitrogens with two attached hydrogens (primary N) is 1. The lowest BCUT2D eigenvalue weighted by Crippen LogP contribution is -2.40. The van der Waals surface area contributed by atoms with Crippen LogP contribution >= 0.6 is 11.8 Å². The average Bonchev–Trinajstić information content (AvgIpc) is 2.65. The third kappa shape index (κ3) is 4.04. The predicted molar refractivity (Wildman–Crippen MR) is 115 cm³/mol. The van der Waals surface area contributed by atoms with Crippen LogP contribution in [0.5, 0.6) is 5.75 Å². The van der Waals surface area contributed by atoms with E-state index in [-0.39, 0.29) is 11.4 Å². The van der Waals surface area contributed by atoms with Crippen LogP contribution in [0.25, 0.3) is 22.2 Å². The van der Waals surface area contributed by atoms with E-state index in [9.17, 15) is 4.79 Å². The molecular weight excluding hydrogens is 372 g/mol. The molecule has 0 aliphatic carbocycles. The molecule has 3 aromatic rings. The van der Waals surface area contributed by atoms with Gasteiger partial charge < -0.3 is 15.8 Å². The van der Waals surface area contributed by atoms with Crippen LogP contribution in [0.15, 0.2) is 41.6 Å². The number of ether oxygens (including phenoxy) is 1. The van der Waals surface area contributed by atoms with Crippen molar-refractivity contribution >= 4 is 34.3 Å². The number of benzene rings is 2. The molecule has 7 heteroatoms. The minimum absolute atomic E-state index is 0.225. The molecule has 0 radical (unpaired) electrons. The average molecular weight is 397 g/mol. The number of rotatable bonds is 4. The number of amides is 1. The number of nitrogen functional groups attached to an aromatic ring is 1. The summed E-state index contributed by atoms with van der Waals surface area (Å²) in [5.41, 5.74) is 9.09. The number of carbonyl (C=O) groups is 1. The lowest BCUT2D eigenvalue weighted by molar-refractivity contribution is 0.0920. The highest BCUT2D eigenvalue weighted by Crippen LogP contribution is 2.35. The molecule has 6 nitrogen and oxygen atoms in total. The van der Waals surface area contributed by atoms with Crippen LogP contribution in [-0.2, 0) is 0 Å². The number of thioether (sulfide) groups is 1. The van der Waals surface area contributed by atoms with Gasteiger partial charge in [0.25, 0.3) is 5.91 Å². The Bertz CT molecular complexity index is 1040. The maximum atomic E-state index is 12.7. The molecule has 1 amide bonds. The Hall–Kier alpha value is -2.80. The lowest BCUT2D eigenvalue weighted by atomic mass is 10.0. The highest BCUT2D eigenvalue weighted by molar-refractivity contribution is 7.98. The fourth-order valence-corrected chi connectivity index (χ4v) is 3.28. The zero-order valence-electron chi connectivity index (χ0n) is 16.7. The van der Waals surface area contributed by atoms with E-state index < -0.39 is 0 Å². The number of carbonyl (C=O) groups excluding carboxylic acids is 1. The fraction of sp³-hybridized carbons (Fsp3) is 0.286. The molecule has 3 rings (SSSR count). The minimum Gasteiger partial charge on any atom is -0.497 e. The maximum absolute atomic E-state index is 12.7. The zero-order chi connectivity index (χ0) is 20.5. The van der Waals surface area contributed by atoms with Crippen molar-refractivity contribution in [2.24, 2.45) is 0 Å². The van der Waals surface area contributed by atoms with Crippen LogP contribution in [0.1, 0.15) is 31.1 Å². The monoisotopic (exact) mass is 396 g/mol. The molecule has 0 atom stereocenters. The smallest absolute Gasteiger partial charge is 0.253 e. The Morgan fingerprint density at radius 1 is 1.18 bits per heavy atom. The van der Waals surface area contributed by atoms with Gasteiger partial charge in [-0.3, -0.25) is 4.79 Å². The molecule has 0 saturated heterocycles. The van der Waals surface area contributed by atoms with Gasteiger partial charge in [0, 0.05) is 11.1 Å². The molecule has 0 unspecified atom stereocenters. The van der Waals surface area contributed by atoms with E-state index in [2.05, 4.69) is 15.3 Å². The maximum Gasteiger partial charge on any atom is 0.253 e. The molecule has 0 spiro atoms. The van der Waals surface area contributed by atoms with Crippen molar-refractivity contribution in [3.8, 4) is 17.0 Å². The van der Waals surface area contributed by atoms with Crippen molar-refractivity contribution < 1.29 is 9.53 Å². The Balaban J connectivity index is 2.26. The summed E-state index contributed by atoms with van der Waals surface area (Å²) in [6.45, 7) is 5.78. The standard InChI is InChI=1S/C21H24N4O2S/c1-21(2,3)25-19(26)14-9-10-15-16(17(14)22)18(24-20(23-15)28-5)12-7-6-8-13(11-12)27-4/h6-11H,22H2,1-5H3,(H,25,26). The molecule has 1 heterocycles. The number of hydrogen-bond donors (Lipinski definition) is 2. The normalized spacial score (nSPS) is 11.5. The minimum atomic E-state index is -0.368. The highest BCUT2D eigenvalue weighted by Gasteiger charge is 2.21. The van der Waals surface area contributed by atoms with E-state index in [1.807, 2.05) is 57.4 Å². The Kier molecular flexibility index (Phi) is 5.47. The Labute approximate surface area is 168 Å². The van der Waals surface area contributed by atoms with Gasteiger partial charge in [0.05, 0.1) is 35.0 Å². The largest absolute Gasteiger partial charge is 0.497 e. The topological polar surface area (TPSA) is 90.1 Å². The predicted octanol–water partition coefficient (Wildman–Crippen LogP) is 4.14. The molecule has 0 aliphatic heterocycles. The molecular formula is C21H24N4O2S. The van der Waals surface area contributed by atoms with Gasteiger partial charge >= 0.3 is 0 Å². The molecule has 0 saturated carbocycles. The molecule has 0 aliphatic rings. The van der Waals surface area contributed by atoms with Gasteiger partial charge in [0.1, 0.15) is 5.75 Å². The van der Waals surface area contributed by atoms with Gasteiger partial charge in [-0.15, -0.1) is 0 Å². The third-order valence-electron chi connectivity index (χ3n) is 4.14. The molecule has 0 fully saturated rings. The van der Waals surface area contributed by atoms with Crippen LogP contribution in [0.3, 0.4) is 0 Å². The number of methoxy groups -OCH3 is 1. The summed E-state index contributed by atoms with van der Waals surface area (Å²) in [7, 11) is 1.62. The molecule has 2 aromatic carbocycles. The van der Waals surface area contributed by atoms with E-state index in [0.29, 0.717) is 33.0 Å². The first-order valence-electron chi connectivity index (χ1n) is 8.84. The van der Waals surface area contributed by atoms with E-state index in [0.717, 1.165) is 11.3 Å². The summed E-state index contributed by atoms with van der Waals surface area (Å²) in [6.07, 6.45) is 1.92. The van der Waals surface area contributed by atoms with Gasteiger partial charge in [-0.2, -0.15) is 0 Å². The van der Waals surface area contributed by atoms with Crippen molar-refractivity contribution in [1.29, 1.82) is 0 Å². The summed E-state index contributed by atoms with van der Waals surface area (Å²) >= 11 is 1.45. The molecule has 0 bridgehead atoms. The number of nitrogens with one attached hydrogen (secondary N) is 1. The van der Waals surface area contributed by atoms with Gasteiger partial charge in [-0.1, -0.05) is 23.9 Å². The Morgan fingerprint density at radius 2 is 1.93 bits per heavy atom. The first-order valence-corrected chi connectivity index (χ1v) is 10.1. The second kappa shape index (κ2) is 7.67. The van der Waals surface area contributed by atoms with E-state index >= 15 is 0 Å². The van der Waals surface area contributed by atoms with Crippen LogP contribution < -0.4 is 15.8 Å². The van der Waals surface area contributed by atoms with Crippen molar-refractivity contribution in [2.45, 2.75) is 31.5 Å². The number of fused-ring (bicyclic) bond motifs is 1. The van der Waals surface area contributed by atoms with E-state index in [4.69, 9.17) is 10.5 Å². The second-order valence-corrected chi connectivity index (χ2v) is 8.19. The van der Waals surface area contributed by atoms with Crippen LogP contribution in [0.2, 0.25) is 0 Å². The summed E-state index contributed by atoms with van der Waals surface area (Å²) in [4.78, 5) is 22.0. The first kappa shape index (κ1) is 19.9. The quantitative estimate of drug-likeness (QED) is 0.391. The zero-order valence-corrected chi connectivity index (χ0v) is 17.5. The highest BCUT2D eigenvalue weighted by atomic mass is 32.2. The fourth-order valence-electron chi connectivity index (χ4n) is 2.91. The summed E-state index contributed by atoms with van der Waals surface area (Å²) in [5.74, 6) is 0.493. The number of anilines is 1. The molecule has 1 aromatic heterocycles. The van der Waals surface area contributed by atoms with Gasteiger partial charge in [0.2, 0.25) is 0 Å². The summed E-state index contributed by atoms with van der Waals surface area (Å²) in [6, 6.07) is 11.1. The van der Waals surface area contributed by atoms with Gasteiger partial charge in [-0.25, -0.2) is 9.97 Å². The molecule has 28 heavy (non-hydrogen) atoms. The van der Waals surface area contributed by atoms with Crippen molar-refractivity contribution in [1.82, 2.24) is 15.3 Å². The van der Waals surface area contributed by atoms with Gasteiger partial charge in [0.15, 0.2) is 5.16 Å². The van der Waals surface area contributed by atoms with Crippen molar-refractivity contribution in [3.63, 3.8) is 0 Å². The first-order chi connectivity index (χ1) is 13.2. The second-order valence-electron chi connectivity index (χ2n) is 7.42. The van der Waals surface area contributed by atoms with Crippen LogP contribution in [-0.4, -0.2) is 34.8 Å². The van der Waals surface area contributed by atoms with E-state index in [1.165, 1.54) is 11.8 Å². The third-order valence-corrected chi connectivity index (χ3v) is 4.69. The van der Waals surface area contributed by atoms with Crippen molar-refractivity contribution in [3.05, 3.63) is 42.0 Å². The van der Waals surface area contributed by atoms with Gasteiger partial charge in [-0.05, 0) is 51.3 Å². The van der Waals surface area contributed by atoms with Crippen LogP contribution in [0, 0.1) is 0 Å². The lowest BCUT2D eigenvalue weighted by Gasteiger charge is -2.21.